The number of nitrogens with zero attached hydrogens (tertiary/aromatic N) is 2. The van der Waals surface area contributed by atoms with Crippen LogP contribution in [0.15, 0.2) is 88.9 Å². The van der Waals surface area contributed by atoms with Gasteiger partial charge in [0.2, 0.25) is 0 Å². The molecule has 0 saturated heterocycles. The molecule has 0 amide bonds. The van der Waals surface area contributed by atoms with E-state index in [1.54, 1.807) is 60.7 Å². The average Bonchev–Trinajstić information content (AvgIpc) is 3.21. The number of fused-ring (bicyclic) bond motifs is 1. The molecule has 0 N–H and O–H groups in total. The highest BCUT2D eigenvalue weighted by molar-refractivity contribution is 8.00. The van der Waals surface area contributed by atoms with Crippen LogP contribution in [0.4, 0.5) is 0 Å². The van der Waals surface area contributed by atoms with Crippen molar-refractivity contribution >= 4 is 38.8 Å². The number of rotatable bonds is 6. The third kappa shape index (κ3) is 5.11. The van der Waals surface area contributed by atoms with Crippen molar-refractivity contribution in [3.8, 4) is 11.8 Å². The van der Waals surface area contributed by atoms with Crippen molar-refractivity contribution in [2.24, 2.45) is 0 Å². The van der Waals surface area contributed by atoms with Gasteiger partial charge in [0, 0.05) is 0 Å². The number of aromatic nitrogens is 2. The van der Waals surface area contributed by atoms with E-state index >= 15 is 0 Å². The number of hydrogen-bond acceptors (Lipinski definition) is 6. The second-order valence-electron chi connectivity index (χ2n) is 7.05. The first-order chi connectivity index (χ1) is 16.0. The molecule has 0 aliphatic carbocycles. The van der Waals surface area contributed by atoms with Gasteiger partial charge in [-0.25, -0.2) is 22.2 Å². The summed E-state index contributed by atoms with van der Waals surface area (Å²) in [7, 11) is -3.83. The molecule has 6 nitrogen and oxygen atoms in total. The van der Waals surface area contributed by atoms with Crippen LogP contribution in [-0.4, -0.2) is 35.7 Å². The highest BCUT2D eigenvalue weighted by atomic mass is 32.2. The van der Waals surface area contributed by atoms with E-state index in [2.05, 4.69) is 16.8 Å². The Morgan fingerprint density at radius 2 is 1.67 bits per heavy atom. The minimum absolute atomic E-state index is 0.0496. The van der Waals surface area contributed by atoms with Crippen molar-refractivity contribution in [2.75, 3.05) is 12.4 Å². The van der Waals surface area contributed by atoms with E-state index in [1.807, 2.05) is 25.1 Å². The van der Waals surface area contributed by atoms with E-state index in [0.717, 1.165) is 5.56 Å². The van der Waals surface area contributed by atoms with Gasteiger partial charge in [-0.2, -0.15) is 0 Å². The third-order valence-corrected chi connectivity index (χ3v) is 7.39. The first kappa shape index (κ1) is 22.6. The molecule has 0 aliphatic rings. The van der Waals surface area contributed by atoms with Crippen molar-refractivity contribution in [3.05, 3.63) is 90.0 Å². The van der Waals surface area contributed by atoms with Gasteiger partial charge in [0.15, 0.2) is 11.8 Å². The van der Waals surface area contributed by atoms with Gasteiger partial charge in [-0.3, -0.25) is 0 Å². The summed E-state index contributed by atoms with van der Waals surface area (Å²) < 4.78 is 33.0. The molecule has 0 aliphatic heterocycles. The zero-order chi connectivity index (χ0) is 23.3. The third-order valence-electron chi connectivity index (χ3n) is 4.73. The Morgan fingerprint density at radius 1 is 0.970 bits per heavy atom. The van der Waals surface area contributed by atoms with E-state index < -0.39 is 16.0 Å². The lowest BCUT2D eigenvalue weighted by atomic mass is 10.1. The Hall–Kier alpha value is -3.54. The topological polar surface area (TPSA) is 78.3 Å². The van der Waals surface area contributed by atoms with Gasteiger partial charge in [-0.05, 0) is 43.3 Å². The van der Waals surface area contributed by atoms with Gasteiger partial charge < -0.3 is 4.74 Å². The van der Waals surface area contributed by atoms with Gasteiger partial charge in [-0.1, -0.05) is 71.6 Å². The van der Waals surface area contributed by atoms with Crippen molar-refractivity contribution in [1.29, 1.82) is 0 Å². The lowest BCUT2D eigenvalue weighted by Gasteiger charge is -2.09. The predicted molar refractivity (Wildman–Crippen MR) is 129 cm³/mol. The molecule has 4 rings (SSSR count). The lowest BCUT2D eigenvalue weighted by Crippen LogP contribution is -2.14. The molecule has 0 bridgehead atoms. The molecule has 3 aromatic carbocycles. The van der Waals surface area contributed by atoms with E-state index in [4.69, 9.17) is 4.74 Å². The summed E-state index contributed by atoms with van der Waals surface area (Å²) in [6.45, 7) is 1.89. The van der Waals surface area contributed by atoms with E-state index in [9.17, 15) is 13.2 Å². The fourth-order valence-corrected chi connectivity index (χ4v) is 5.59. The Bertz CT molecular complexity index is 1450. The smallest absolute Gasteiger partial charge is 0.339 e. The van der Waals surface area contributed by atoms with Gasteiger partial charge >= 0.3 is 5.97 Å². The fraction of sp³-hybridized carbons (Fsp3) is 0.120. The summed E-state index contributed by atoms with van der Waals surface area (Å²) in [5.74, 6) is 5.54. The number of thioether (sulfide) groups is 1. The highest BCUT2D eigenvalue weighted by Gasteiger charge is 2.24. The van der Waals surface area contributed by atoms with Crippen molar-refractivity contribution < 1.29 is 17.9 Å². The molecule has 0 atom stereocenters. The molecule has 4 aromatic rings. The molecular formula is C25H20N2O4S2. The first-order valence-electron chi connectivity index (χ1n) is 10.1. The first-order valence-corrected chi connectivity index (χ1v) is 12.5. The predicted octanol–water partition coefficient (Wildman–Crippen LogP) is 4.53. The summed E-state index contributed by atoms with van der Waals surface area (Å²) in [6, 6.07) is 22.4. The SMILES string of the molecule is Cc1ccc(C(=O)OCC#CCSc2nc3ccccc3n2S(=O)(=O)c2ccccc2)cc1. The molecule has 1 heterocycles. The van der Waals surface area contributed by atoms with Gasteiger partial charge in [0.25, 0.3) is 10.0 Å². The van der Waals surface area contributed by atoms with Crippen molar-refractivity contribution in [1.82, 2.24) is 8.96 Å². The molecule has 0 fully saturated rings. The average molecular weight is 477 g/mol. The van der Waals surface area contributed by atoms with Gasteiger partial charge in [0.05, 0.1) is 27.2 Å². The zero-order valence-electron chi connectivity index (χ0n) is 17.8. The minimum atomic E-state index is -3.83. The maximum atomic E-state index is 13.3. The van der Waals surface area contributed by atoms with Crippen molar-refractivity contribution in [3.63, 3.8) is 0 Å². The Labute approximate surface area is 196 Å². The normalized spacial score (nSPS) is 11.1. The standard InChI is InChI=1S/C25H20N2O4S2/c1-19-13-15-20(16-14-19)24(28)31-17-7-8-18-32-25-26-22-11-5-6-12-23(22)27(25)33(29,30)21-9-3-2-4-10-21/h2-6,9-16H,17-18H2,1H3. The van der Waals surface area contributed by atoms with Crippen LogP contribution in [0.3, 0.4) is 0 Å². The summed E-state index contributed by atoms with van der Waals surface area (Å²) in [4.78, 5) is 16.7. The number of carbonyl (C=O) groups is 1. The van der Waals surface area contributed by atoms with Crippen LogP contribution in [-0.2, 0) is 14.8 Å². The monoisotopic (exact) mass is 476 g/mol. The Kier molecular flexibility index (Phi) is 6.82. The van der Waals surface area contributed by atoms with Crippen LogP contribution < -0.4 is 0 Å². The number of esters is 1. The van der Waals surface area contributed by atoms with Crippen LogP contribution in [0.1, 0.15) is 15.9 Å². The maximum absolute atomic E-state index is 13.3. The van der Waals surface area contributed by atoms with Gasteiger partial charge in [-0.15, -0.1) is 0 Å². The second-order valence-corrected chi connectivity index (χ2v) is 9.78. The summed E-state index contributed by atoms with van der Waals surface area (Å²) in [5, 5.41) is 0.325. The van der Waals surface area contributed by atoms with E-state index in [0.29, 0.717) is 21.8 Å². The largest absolute Gasteiger partial charge is 0.449 e. The molecule has 0 saturated carbocycles. The number of hydrogen-bond donors (Lipinski definition) is 0. The number of ether oxygens (including phenoxy) is 1. The number of para-hydroxylation sites is 2. The molecule has 0 unspecified atom stereocenters. The van der Waals surface area contributed by atoms with Crippen LogP contribution in [0.25, 0.3) is 11.0 Å². The van der Waals surface area contributed by atoms with Gasteiger partial charge in [0.1, 0.15) is 0 Å². The maximum Gasteiger partial charge on any atom is 0.339 e. The molecule has 1 aromatic heterocycles. The Balaban J connectivity index is 1.47. The van der Waals surface area contributed by atoms with Crippen LogP contribution >= 0.6 is 11.8 Å². The molecule has 33 heavy (non-hydrogen) atoms. The molecular weight excluding hydrogens is 456 g/mol. The van der Waals surface area contributed by atoms with E-state index in [1.165, 1.54) is 15.7 Å². The van der Waals surface area contributed by atoms with Crippen LogP contribution in [0.2, 0.25) is 0 Å². The quantitative estimate of drug-likeness (QED) is 0.231. The minimum Gasteiger partial charge on any atom is -0.449 e. The Morgan fingerprint density at radius 3 is 2.42 bits per heavy atom. The molecule has 0 spiro atoms. The number of benzene rings is 3. The highest BCUT2D eigenvalue weighted by Crippen LogP contribution is 2.28. The molecule has 166 valence electrons. The fourth-order valence-electron chi connectivity index (χ4n) is 3.08. The van der Waals surface area contributed by atoms with Crippen LogP contribution in [0, 0.1) is 18.8 Å². The van der Waals surface area contributed by atoms with Crippen LogP contribution in [0.5, 0.6) is 0 Å². The molecule has 0 radical (unpaired) electrons. The summed E-state index contributed by atoms with van der Waals surface area (Å²) >= 11 is 1.21. The number of carbonyl (C=O) groups excluding carboxylic acids is 1. The zero-order valence-corrected chi connectivity index (χ0v) is 19.4. The van der Waals surface area contributed by atoms with Crippen molar-refractivity contribution in [2.45, 2.75) is 17.0 Å². The summed E-state index contributed by atoms with van der Waals surface area (Å²) in [6.07, 6.45) is 0. The number of imidazole rings is 1. The van der Waals surface area contributed by atoms with E-state index in [-0.39, 0.29) is 17.3 Å². The lowest BCUT2D eigenvalue weighted by molar-refractivity contribution is 0.0556. The summed E-state index contributed by atoms with van der Waals surface area (Å²) in [5.41, 5.74) is 2.61. The molecule has 8 heteroatoms. The second kappa shape index (κ2) is 9.94. The number of aryl methyl sites for hydroxylation is 1.